The van der Waals surface area contributed by atoms with E-state index in [0.717, 1.165) is 11.4 Å². The van der Waals surface area contributed by atoms with E-state index in [-0.39, 0.29) is 0 Å². The van der Waals surface area contributed by atoms with E-state index in [1.165, 1.54) is 11.1 Å². The first-order valence-corrected chi connectivity index (χ1v) is 8.31. The van der Waals surface area contributed by atoms with Crippen molar-refractivity contribution in [1.29, 1.82) is 0 Å². The minimum absolute atomic E-state index is 0.572. The third kappa shape index (κ3) is 4.24. The first kappa shape index (κ1) is 16.3. The number of benzene rings is 2. The van der Waals surface area contributed by atoms with Crippen LogP contribution in [0.5, 0.6) is 0 Å². The lowest BCUT2D eigenvalue weighted by Gasteiger charge is -2.26. The molecule has 0 fully saturated rings. The molecule has 1 heterocycles. The van der Waals surface area contributed by atoms with Gasteiger partial charge >= 0.3 is 0 Å². The molecule has 122 valence electrons. The highest BCUT2D eigenvalue weighted by atomic mass is 32.1. The molecular formula is C20H20N2OS. The molecule has 0 aliphatic rings. The second-order valence-corrected chi connectivity index (χ2v) is 6.03. The van der Waals surface area contributed by atoms with Crippen molar-refractivity contribution in [2.75, 3.05) is 4.90 Å². The average molecular weight is 336 g/mol. The van der Waals surface area contributed by atoms with Crippen LogP contribution in [0.2, 0.25) is 0 Å². The van der Waals surface area contributed by atoms with Gasteiger partial charge in [0.05, 0.1) is 19.4 Å². The molecule has 0 bridgehead atoms. The van der Waals surface area contributed by atoms with Gasteiger partial charge in [0.1, 0.15) is 5.76 Å². The van der Waals surface area contributed by atoms with Gasteiger partial charge in [-0.25, -0.2) is 0 Å². The van der Waals surface area contributed by atoms with E-state index >= 15 is 0 Å². The Labute approximate surface area is 147 Å². The first-order valence-electron chi connectivity index (χ1n) is 7.91. The zero-order valence-electron chi connectivity index (χ0n) is 13.6. The van der Waals surface area contributed by atoms with Crippen LogP contribution in [0.15, 0.2) is 77.4 Å². The van der Waals surface area contributed by atoms with Gasteiger partial charge in [-0.15, -0.1) is 0 Å². The minimum atomic E-state index is 0.572. The third-order valence-corrected chi connectivity index (χ3v) is 4.13. The summed E-state index contributed by atoms with van der Waals surface area (Å²) in [5, 5.41) is 3.96. The molecular weight excluding hydrogens is 316 g/mol. The van der Waals surface area contributed by atoms with E-state index in [2.05, 4.69) is 53.5 Å². The van der Waals surface area contributed by atoms with Crippen LogP contribution in [-0.2, 0) is 13.1 Å². The fraction of sp³-hybridized carbons (Fsp3) is 0.150. The maximum absolute atomic E-state index is 5.64. The van der Waals surface area contributed by atoms with Gasteiger partial charge in [-0.2, -0.15) is 0 Å². The summed E-state index contributed by atoms with van der Waals surface area (Å²) in [6.45, 7) is 3.37. The van der Waals surface area contributed by atoms with Gasteiger partial charge in [0.25, 0.3) is 0 Å². The van der Waals surface area contributed by atoms with E-state index in [4.69, 9.17) is 16.6 Å². The summed E-state index contributed by atoms with van der Waals surface area (Å²) in [7, 11) is 0. The predicted octanol–water partition coefficient (Wildman–Crippen LogP) is 4.67. The smallest absolute Gasteiger partial charge is 0.174 e. The number of hydrogen-bond donors (Lipinski definition) is 1. The minimum Gasteiger partial charge on any atom is -0.467 e. The molecule has 0 saturated heterocycles. The third-order valence-electron chi connectivity index (χ3n) is 3.77. The number of nitrogens with zero attached hydrogens (tertiary/aromatic N) is 1. The number of rotatable bonds is 5. The van der Waals surface area contributed by atoms with E-state index < -0.39 is 0 Å². The molecule has 3 aromatic rings. The molecule has 0 saturated carbocycles. The van der Waals surface area contributed by atoms with Gasteiger partial charge < -0.3 is 14.6 Å². The fourth-order valence-electron chi connectivity index (χ4n) is 2.44. The summed E-state index contributed by atoms with van der Waals surface area (Å²) in [4.78, 5) is 2.10. The van der Waals surface area contributed by atoms with Gasteiger partial charge in [0, 0.05) is 5.69 Å². The number of furan rings is 1. The molecule has 0 aliphatic carbocycles. The molecule has 1 N–H and O–H groups in total. The molecule has 24 heavy (non-hydrogen) atoms. The first-order chi connectivity index (χ1) is 11.7. The van der Waals surface area contributed by atoms with Crippen molar-refractivity contribution in [3.63, 3.8) is 0 Å². The van der Waals surface area contributed by atoms with Gasteiger partial charge in [-0.05, 0) is 49.0 Å². The zero-order valence-corrected chi connectivity index (χ0v) is 14.4. The summed E-state index contributed by atoms with van der Waals surface area (Å²) >= 11 is 5.64. The highest BCUT2D eigenvalue weighted by Crippen LogP contribution is 2.18. The van der Waals surface area contributed by atoms with Crippen molar-refractivity contribution < 1.29 is 4.42 Å². The lowest BCUT2D eigenvalue weighted by molar-refractivity contribution is 0.503. The predicted molar refractivity (Wildman–Crippen MR) is 102 cm³/mol. The largest absolute Gasteiger partial charge is 0.467 e. The van der Waals surface area contributed by atoms with Crippen LogP contribution >= 0.6 is 12.2 Å². The Morgan fingerprint density at radius 1 is 1.00 bits per heavy atom. The lowest BCUT2D eigenvalue weighted by Crippen LogP contribution is -2.39. The van der Waals surface area contributed by atoms with Crippen molar-refractivity contribution in [2.45, 2.75) is 20.0 Å². The van der Waals surface area contributed by atoms with Crippen LogP contribution in [0.4, 0.5) is 5.69 Å². The van der Waals surface area contributed by atoms with Crippen LogP contribution < -0.4 is 10.2 Å². The van der Waals surface area contributed by atoms with E-state index in [9.17, 15) is 0 Å². The van der Waals surface area contributed by atoms with E-state index in [1.54, 1.807) is 6.26 Å². The standard InChI is InChI=1S/C20H20N2OS/c1-16-9-11-18(12-10-16)22(15-17-6-3-2-4-7-17)20(24)21-14-19-8-5-13-23-19/h2-13H,14-15H2,1H3,(H,21,24). The summed E-state index contributed by atoms with van der Waals surface area (Å²) < 4.78 is 5.36. The Kier molecular flexibility index (Phi) is 5.29. The Bertz CT molecular complexity index is 767. The Morgan fingerprint density at radius 3 is 2.42 bits per heavy atom. The summed E-state index contributed by atoms with van der Waals surface area (Å²) in [5.74, 6) is 0.862. The number of hydrogen-bond acceptors (Lipinski definition) is 2. The Balaban J connectivity index is 1.78. The monoisotopic (exact) mass is 336 g/mol. The van der Waals surface area contributed by atoms with Crippen molar-refractivity contribution in [1.82, 2.24) is 5.32 Å². The molecule has 0 atom stereocenters. The van der Waals surface area contributed by atoms with Crippen molar-refractivity contribution in [2.24, 2.45) is 0 Å². The molecule has 0 aliphatic heterocycles. The molecule has 0 spiro atoms. The van der Waals surface area contributed by atoms with Crippen LogP contribution in [0.25, 0.3) is 0 Å². The van der Waals surface area contributed by atoms with Crippen LogP contribution in [0, 0.1) is 6.92 Å². The molecule has 3 nitrogen and oxygen atoms in total. The molecule has 0 unspecified atom stereocenters. The van der Waals surface area contributed by atoms with Crippen molar-refractivity contribution >= 4 is 23.0 Å². The van der Waals surface area contributed by atoms with Gasteiger partial charge in [-0.1, -0.05) is 48.0 Å². The number of anilines is 1. The summed E-state index contributed by atoms with van der Waals surface area (Å²) in [6, 6.07) is 22.5. The highest BCUT2D eigenvalue weighted by molar-refractivity contribution is 7.80. The fourth-order valence-corrected chi connectivity index (χ4v) is 2.68. The zero-order chi connectivity index (χ0) is 16.8. The molecule has 0 amide bonds. The topological polar surface area (TPSA) is 28.4 Å². The normalized spacial score (nSPS) is 10.4. The Hall–Kier alpha value is -2.59. The number of thiocarbonyl (C=S) groups is 1. The van der Waals surface area contributed by atoms with Crippen LogP contribution in [0.1, 0.15) is 16.9 Å². The van der Waals surface area contributed by atoms with Gasteiger partial charge in [-0.3, -0.25) is 0 Å². The Morgan fingerprint density at radius 2 is 1.75 bits per heavy atom. The van der Waals surface area contributed by atoms with Gasteiger partial charge in [0.2, 0.25) is 0 Å². The van der Waals surface area contributed by atoms with Crippen LogP contribution in [0.3, 0.4) is 0 Å². The lowest BCUT2D eigenvalue weighted by atomic mass is 10.2. The maximum Gasteiger partial charge on any atom is 0.174 e. The quantitative estimate of drug-likeness (QED) is 0.686. The molecule has 1 aromatic heterocycles. The number of nitrogens with one attached hydrogen (secondary N) is 1. The second kappa shape index (κ2) is 7.79. The van der Waals surface area contributed by atoms with Crippen molar-refractivity contribution in [3.8, 4) is 0 Å². The molecule has 4 heteroatoms. The van der Waals surface area contributed by atoms with Crippen LogP contribution in [-0.4, -0.2) is 5.11 Å². The summed E-state index contributed by atoms with van der Waals surface area (Å²) in [5.41, 5.74) is 3.51. The highest BCUT2D eigenvalue weighted by Gasteiger charge is 2.13. The second-order valence-electron chi connectivity index (χ2n) is 5.65. The maximum atomic E-state index is 5.64. The molecule has 3 rings (SSSR count). The number of aryl methyl sites for hydroxylation is 1. The molecule has 2 aromatic carbocycles. The van der Waals surface area contributed by atoms with E-state index in [0.29, 0.717) is 18.2 Å². The summed E-state index contributed by atoms with van der Waals surface area (Å²) in [6.07, 6.45) is 1.67. The van der Waals surface area contributed by atoms with E-state index in [1.807, 2.05) is 30.3 Å². The SMILES string of the molecule is Cc1ccc(N(Cc2ccccc2)C(=S)NCc2ccco2)cc1. The average Bonchev–Trinajstić information content (AvgIpc) is 3.13. The van der Waals surface area contributed by atoms with Gasteiger partial charge in [0.15, 0.2) is 5.11 Å². The molecule has 0 radical (unpaired) electrons. The van der Waals surface area contributed by atoms with Crippen molar-refractivity contribution in [3.05, 3.63) is 89.9 Å².